The van der Waals surface area contributed by atoms with Crippen molar-refractivity contribution in [2.75, 3.05) is 6.54 Å². The van der Waals surface area contributed by atoms with Crippen molar-refractivity contribution in [3.8, 4) is 0 Å². The smallest absolute Gasteiger partial charge is 0.0991 e. The van der Waals surface area contributed by atoms with E-state index in [-0.39, 0.29) is 11.2 Å². The van der Waals surface area contributed by atoms with Crippen LogP contribution in [-0.4, -0.2) is 22.6 Å². The van der Waals surface area contributed by atoms with Gasteiger partial charge in [0, 0.05) is 18.3 Å². The number of nitrogens with one attached hydrogen (secondary N) is 1. The standard InChI is InChI=1S/C11H19NOS/c1-6-12-7-8-9(14)11(4,5)13-10(8,2)3/h7,12H,6H2,1-5H3/b8-7-. The number of rotatable bonds is 2. The molecule has 14 heavy (non-hydrogen) atoms. The van der Waals surface area contributed by atoms with Crippen LogP contribution in [0.15, 0.2) is 11.8 Å². The van der Waals surface area contributed by atoms with Gasteiger partial charge in [-0.3, -0.25) is 0 Å². The van der Waals surface area contributed by atoms with Crippen molar-refractivity contribution < 1.29 is 4.74 Å². The van der Waals surface area contributed by atoms with E-state index in [1.54, 1.807) is 0 Å². The molecule has 2 nitrogen and oxygen atoms in total. The molecule has 80 valence electrons. The Morgan fingerprint density at radius 1 is 1.29 bits per heavy atom. The summed E-state index contributed by atoms with van der Waals surface area (Å²) in [4.78, 5) is 0.906. The average Bonchev–Trinajstić information content (AvgIpc) is 2.16. The first-order valence-electron chi connectivity index (χ1n) is 5.00. The van der Waals surface area contributed by atoms with Crippen LogP contribution in [0.5, 0.6) is 0 Å². The van der Waals surface area contributed by atoms with Gasteiger partial charge in [-0.05, 0) is 34.6 Å². The number of hydrogen-bond acceptors (Lipinski definition) is 3. The van der Waals surface area contributed by atoms with E-state index in [0.717, 1.165) is 17.0 Å². The van der Waals surface area contributed by atoms with Crippen molar-refractivity contribution in [1.29, 1.82) is 0 Å². The Balaban J connectivity index is 3.00. The first-order chi connectivity index (χ1) is 6.31. The van der Waals surface area contributed by atoms with Crippen molar-refractivity contribution in [3.63, 3.8) is 0 Å². The molecule has 0 aromatic heterocycles. The van der Waals surface area contributed by atoms with Gasteiger partial charge in [0.1, 0.15) is 0 Å². The quantitative estimate of drug-likeness (QED) is 0.562. The van der Waals surface area contributed by atoms with Gasteiger partial charge in [-0.2, -0.15) is 0 Å². The van der Waals surface area contributed by atoms with Crippen LogP contribution < -0.4 is 5.32 Å². The zero-order chi connectivity index (χ0) is 11.0. The van der Waals surface area contributed by atoms with Crippen molar-refractivity contribution >= 4 is 17.1 Å². The van der Waals surface area contributed by atoms with Gasteiger partial charge in [0.15, 0.2) is 0 Å². The molecule has 0 bridgehead atoms. The molecule has 1 aliphatic rings. The van der Waals surface area contributed by atoms with E-state index >= 15 is 0 Å². The molecule has 1 heterocycles. The van der Waals surface area contributed by atoms with Gasteiger partial charge in [-0.15, -0.1) is 0 Å². The molecule has 0 aromatic rings. The summed E-state index contributed by atoms with van der Waals surface area (Å²) in [5.74, 6) is 0. The fourth-order valence-electron chi connectivity index (χ4n) is 1.78. The highest BCUT2D eigenvalue weighted by atomic mass is 32.1. The molecule has 3 heteroatoms. The second-order valence-corrected chi connectivity index (χ2v) is 4.98. The van der Waals surface area contributed by atoms with Crippen molar-refractivity contribution in [1.82, 2.24) is 5.32 Å². The maximum Gasteiger partial charge on any atom is 0.0991 e. The SMILES string of the molecule is CCN/C=C1/C(=S)C(C)(C)OC1(C)C. The summed E-state index contributed by atoms with van der Waals surface area (Å²) in [5.41, 5.74) is 0.502. The van der Waals surface area contributed by atoms with E-state index in [0.29, 0.717) is 0 Å². The summed E-state index contributed by atoms with van der Waals surface area (Å²) in [7, 11) is 0. The largest absolute Gasteiger partial charge is 0.391 e. The van der Waals surface area contributed by atoms with Crippen molar-refractivity contribution in [3.05, 3.63) is 11.8 Å². The Labute approximate surface area is 91.7 Å². The zero-order valence-corrected chi connectivity index (χ0v) is 10.4. The van der Waals surface area contributed by atoms with Gasteiger partial charge >= 0.3 is 0 Å². The fraction of sp³-hybridized carbons (Fsp3) is 0.727. The van der Waals surface area contributed by atoms with E-state index < -0.39 is 0 Å². The summed E-state index contributed by atoms with van der Waals surface area (Å²) >= 11 is 5.41. The molecule has 0 spiro atoms. The first-order valence-corrected chi connectivity index (χ1v) is 5.41. The second kappa shape index (κ2) is 3.63. The molecule has 0 aromatic carbocycles. The normalized spacial score (nSPS) is 26.9. The summed E-state index contributed by atoms with van der Waals surface area (Å²) in [5, 5.41) is 3.18. The van der Waals surface area contributed by atoms with Crippen LogP contribution in [0.2, 0.25) is 0 Å². The molecule has 0 unspecified atom stereocenters. The number of ether oxygens (including phenoxy) is 1. The highest BCUT2D eigenvalue weighted by Gasteiger charge is 2.46. The van der Waals surface area contributed by atoms with E-state index in [1.165, 1.54) is 0 Å². The molecule has 1 fully saturated rings. The second-order valence-electron chi connectivity index (χ2n) is 4.57. The van der Waals surface area contributed by atoms with E-state index in [2.05, 4.69) is 26.1 Å². The monoisotopic (exact) mass is 213 g/mol. The summed E-state index contributed by atoms with van der Waals surface area (Å²) in [6.07, 6.45) is 1.98. The molecule has 0 radical (unpaired) electrons. The minimum Gasteiger partial charge on any atom is -0.391 e. The molecule has 1 rings (SSSR count). The molecule has 1 N–H and O–H groups in total. The van der Waals surface area contributed by atoms with Crippen LogP contribution in [0.4, 0.5) is 0 Å². The van der Waals surface area contributed by atoms with E-state index in [4.69, 9.17) is 17.0 Å². The Bertz CT molecular complexity index is 279. The zero-order valence-electron chi connectivity index (χ0n) is 9.60. The molecule has 0 saturated carbocycles. The Kier molecular flexibility index (Phi) is 3.02. The molecule has 1 saturated heterocycles. The van der Waals surface area contributed by atoms with Crippen LogP contribution in [0, 0.1) is 0 Å². The number of hydrogen-bond donors (Lipinski definition) is 1. The summed E-state index contributed by atoms with van der Waals surface area (Å²) in [6, 6.07) is 0. The summed E-state index contributed by atoms with van der Waals surface area (Å²) in [6.45, 7) is 11.1. The van der Waals surface area contributed by atoms with Crippen molar-refractivity contribution in [2.24, 2.45) is 0 Å². The lowest BCUT2D eigenvalue weighted by molar-refractivity contribution is -0.0371. The summed E-state index contributed by atoms with van der Waals surface area (Å²) < 4.78 is 5.91. The van der Waals surface area contributed by atoms with Crippen molar-refractivity contribution in [2.45, 2.75) is 45.8 Å². The predicted octanol–water partition coefficient (Wildman–Crippen LogP) is 2.44. The Morgan fingerprint density at radius 3 is 2.21 bits per heavy atom. The van der Waals surface area contributed by atoms with Crippen LogP contribution >= 0.6 is 12.2 Å². The van der Waals surface area contributed by atoms with Gasteiger partial charge in [0.2, 0.25) is 0 Å². The highest BCUT2D eigenvalue weighted by molar-refractivity contribution is 7.81. The lowest BCUT2D eigenvalue weighted by Gasteiger charge is -2.22. The van der Waals surface area contributed by atoms with Crippen LogP contribution in [0.3, 0.4) is 0 Å². The predicted molar refractivity (Wildman–Crippen MR) is 63.6 cm³/mol. The first kappa shape index (κ1) is 11.7. The minimum absolute atomic E-state index is 0.275. The van der Waals surface area contributed by atoms with Crippen LogP contribution in [-0.2, 0) is 4.74 Å². The Hall–Kier alpha value is -0.410. The van der Waals surface area contributed by atoms with Gasteiger partial charge < -0.3 is 10.1 Å². The molecular formula is C11H19NOS. The van der Waals surface area contributed by atoms with Gasteiger partial charge in [-0.25, -0.2) is 0 Å². The van der Waals surface area contributed by atoms with Crippen LogP contribution in [0.25, 0.3) is 0 Å². The number of thiocarbonyl (C=S) groups is 1. The van der Waals surface area contributed by atoms with Gasteiger partial charge in [0.05, 0.1) is 16.1 Å². The molecule has 1 aliphatic heterocycles. The lowest BCUT2D eigenvalue weighted by atomic mass is 9.94. The molecule has 0 amide bonds. The van der Waals surface area contributed by atoms with Crippen LogP contribution in [0.1, 0.15) is 34.6 Å². The maximum atomic E-state index is 5.91. The minimum atomic E-state index is -0.319. The highest BCUT2D eigenvalue weighted by Crippen LogP contribution is 2.39. The third-order valence-corrected chi connectivity index (χ3v) is 3.11. The van der Waals surface area contributed by atoms with E-state index in [1.807, 2.05) is 20.0 Å². The average molecular weight is 213 g/mol. The Morgan fingerprint density at radius 2 is 1.86 bits per heavy atom. The van der Waals surface area contributed by atoms with E-state index in [9.17, 15) is 0 Å². The third kappa shape index (κ3) is 1.98. The third-order valence-electron chi connectivity index (χ3n) is 2.40. The maximum absolute atomic E-state index is 5.91. The molecule has 0 aliphatic carbocycles. The van der Waals surface area contributed by atoms with Gasteiger partial charge in [-0.1, -0.05) is 12.2 Å². The fourth-order valence-corrected chi connectivity index (χ4v) is 2.13. The molecular weight excluding hydrogens is 194 g/mol. The van der Waals surface area contributed by atoms with Gasteiger partial charge in [0.25, 0.3) is 0 Å². The topological polar surface area (TPSA) is 21.3 Å². The molecule has 0 atom stereocenters. The lowest BCUT2D eigenvalue weighted by Crippen LogP contribution is -2.28.